The van der Waals surface area contributed by atoms with Gasteiger partial charge in [-0.2, -0.15) is 0 Å². The molecular weight excluding hydrogens is 268 g/mol. The summed E-state index contributed by atoms with van der Waals surface area (Å²) in [5.41, 5.74) is 5.14. The standard InChI is InChI=1S/C15H16N4S/c1-15(2,3)11-6-4-5-10(7-11)13-16-8-12(18-13)14-19-17-9-20-14/h4-9H,1-3H3,(H,16,18). The minimum absolute atomic E-state index is 0.130. The van der Waals surface area contributed by atoms with Crippen LogP contribution in [0.4, 0.5) is 0 Å². The first kappa shape index (κ1) is 13.0. The molecule has 2 heterocycles. The van der Waals surface area contributed by atoms with Crippen molar-refractivity contribution in [3.8, 4) is 22.1 Å². The SMILES string of the molecule is CC(C)(C)c1cccc(-c2ncc(-c3nncs3)[nH]2)c1. The molecule has 0 aliphatic rings. The molecule has 0 atom stereocenters. The number of aromatic amines is 1. The van der Waals surface area contributed by atoms with E-state index in [0.717, 1.165) is 22.1 Å². The molecule has 0 saturated carbocycles. The average molecular weight is 284 g/mol. The molecule has 0 unspecified atom stereocenters. The van der Waals surface area contributed by atoms with Gasteiger partial charge in [-0.1, -0.05) is 50.3 Å². The van der Waals surface area contributed by atoms with Crippen LogP contribution in [-0.4, -0.2) is 20.2 Å². The zero-order valence-electron chi connectivity index (χ0n) is 11.7. The predicted octanol–water partition coefficient (Wildman–Crippen LogP) is 3.89. The monoisotopic (exact) mass is 284 g/mol. The summed E-state index contributed by atoms with van der Waals surface area (Å²) in [6, 6.07) is 8.47. The smallest absolute Gasteiger partial charge is 0.165 e. The number of nitrogens with one attached hydrogen (secondary N) is 1. The maximum Gasteiger partial charge on any atom is 0.165 e. The molecule has 20 heavy (non-hydrogen) atoms. The largest absolute Gasteiger partial charge is 0.336 e. The number of aromatic nitrogens is 4. The number of hydrogen-bond acceptors (Lipinski definition) is 4. The molecular formula is C15H16N4S. The number of H-pyrrole nitrogens is 1. The second-order valence-corrected chi connectivity index (χ2v) is 6.55. The Morgan fingerprint density at radius 1 is 1.20 bits per heavy atom. The second-order valence-electron chi connectivity index (χ2n) is 5.72. The molecule has 1 N–H and O–H groups in total. The average Bonchev–Trinajstić information content (AvgIpc) is 3.09. The molecule has 0 aliphatic heterocycles. The maximum atomic E-state index is 4.45. The van der Waals surface area contributed by atoms with Gasteiger partial charge in [0.25, 0.3) is 0 Å². The van der Waals surface area contributed by atoms with Crippen molar-refractivity contribution in [2.45, 2.75) is 26.2 Å². The molecule has 0 bridgehead atoms. The lowest BCUT2D eigenvalue weighted by Crippen LogP contribution is -2.10. The van der Waals surface area contributed by atoms with Crippen molar-refractivity contribution in [1.29, 1.82) is 0 Å². The number of hydrogen-bond donors (Lipinski definition) is 1. The van der Waals surface area contributed by atoms with Gasteiger partial charge in [0, 0.05) is 5.56 Å². The van der Waals surface area contributed by atoms with Gasteiger partial charge in [0.15, 0.2) is 5.01 Å². The van der Waals surface area contributed by atoms with E-state index < -0.39 is 0 Å². The van der Waals surface area contributed by atoms with E-state index in [9.17, 15) is 0 Å². The molecule has 3 aromatic rings. The van der Waals surface area contributed by atoms with Crippen molar-refractivity contribution >= 4 is 11.3 Å². The number of nitrogens with zero attached hydrogens (tertiary/aromatic N) is 3. The second kappa shape index (κ2) is 4.83. The Hall–Kier alpha value is -2.01. The maximum absolute atomic E-state index is 4.45. The van der Waals surface area contributed by atoms with Gasteiger partial charge >= 0.3 is 0 Å². The Labute approximate surface area is 121 Å². The molecule has 5 heteroatoms. The van der Waals surface area contributed by atoms with E-state index in [1.54, 1.807) is 11.7 Å². The van der Waals surface area contributed by atoms with Gasteiger partial charge in [0.05, 0.1) is 11.9 Å². The fourth-order valence-electron chi connectivity index (χ4n) is 2.00. The summed E-state index contributed by atoms with van der Waals surface area (Å²) in [5.74, 6) is 0.862. The normalized spacial score (nSPS) is 11.8. The van der Waals surface area contributed by atoms with E-state index in [1.807, 2.05) is 0 Å². The number of imidazole rings is 1. The van der Waals surface area contributed by atoms with Crippen molar-refractivity contribution in [2.75, 3.05) is 0 Å². The summed E-state index contributed by atoms with van der Waals surface area (Å²) < 4.78 is 0. The Morgan fingerprint density at radius 2 is 2.05 bits per heavy atom. The van der Waals surface area contributed by atoms with Crippen LogP contribution in [0.3, 0.4) is 0 Å². The van der Waals surface area contributed by atoms with Gasteiger partial charge in [-0.25, -0.2) is 4.98 Å². The van der Waals surface area contributed by atoms with Gasteiger partial charge in [-0.15, -0.1) is 10.2 Å². The molecule has 4 nitrogen and oxygen atoms in total. The molecule has 2 aromatic heterocycles. The van der Waals surface area contributed by atoms with Crippen molar-refractivity contribution in [2.24, 2.45) is 0 Å². The third kappa shape index (κ3) is 2.49. The lowest BCUT2D eigenvalue weighted by molar-refractivity contribution is 0.590. The van der Waals surface area contributed by atoms with Gasteiger partial charge in [-0.05, 0) is 17.0 Å². The van der Waals surface area contributed by atoms with Gasteiger partial charge in [0.1, 0.15) is 11.3 Å². The number of rotatable bonds is 2. The quantitative estimate of drug-likeness (QED) is 0.776. The van der Waals surface area contributed by atoms with E-state index in [2.05, 4.69) is 65.2 Å². The third-order valence-corrected chi connectivity index (χ3v) is 3.89. The number of benzene rings is 1. The first-order chi connectivity index (χ1) is 9.54. The molecule has 0 aliphatic carbocycles. The van der Waals surface area contributed by atoms with E-state index in [4.69, 9.17) is 0 Å². The lowest BCUT2D eigenvalue weighted by atomic mass is 9.86. The van der Waals surface area contributed by atoms with E-state index in [1.165, 1.54) is 16.9 Å². The molecule has 102 valence electrons. The van der Waals surface area contributed by atoms with Crippen LogP contribution < -0.4 is 0 Å². The molecule has 0 amide bonds. The molecule has 0 fully saturated rings. The summed E-state index contributed by atoms with van der Waals surface area (Å²) in [6.45, 7) is 6.63. The fourth-order valence-corrected chi connectivity index (χ4v) is 2.52. The van der Waals surface area contributed by atoms with Crippen LogP contribution in [0.2, 0.25) is 0 Å². The highest BCUT2D eigenvalue weighted by molar-refractivity contribution is 7.12. The van der Waals surface area contributed by atoms with E-state index >= 15 is 0 Å². The van der Waals surface area contributed by atoms with Gasteiger partial charge < -0.3 is 4.98 Å². The summed E-state index contributed by atoms with van der Waals surface area (Å²) in [5, 5.41) is 8.75. The van der Waals surface area contributed by atoms with Crippen LogP contribution >= 0.6 is 11.3 Å². The predicted molar refractivity (Wildman–Crippen MR) is 81.6 cm³/mol. The highest BCUT2D eigenvalue weighted by Crippen LogP contribution is 2.27. The van der Waals surface area contributed by atoms with Crippen LogP contribution in [-0.2, 0) is 5.41 Å². The van der Waals surface area contributed by atoms with Crippen molar-refractivity contribution < 1.29 is 0 Å². The fraction of sp³-hybridized carbons (Fsp3) is 0.267. The third-order valence-electron chi connectivity index (χ3n) is 3.17. The zero-order chi connectivity index (χ0) is 14.2. The molecule has 1 aromatic carbocycles. The first-order valence-electron chi connectivity index (χ1n) is 6.46. The zero-order valence-corrected chi connectivity index (χ0v) is 12.5. The van der Waals surface area contributed by atoms with E-state index in [0.29, 0.717) is 0 Å². The minimum Gasteiger partial charge on any atom is -0.336 e. The lowest BCUT2D eigenvalue weighted by Gasteiger charge is -2.19. The first-order valence-corrected chi connectivity index (χ1v) is 7.34. The summed E-state index contributed by atoms with van der Waals surface area (Å²) in [6.07, 6.45) is 1.81. The summed E-state index contributed by atoms with van der Waals surface area (Å²) in [7, 11) is 0. The summed E-state index contributed by atoms with van der Waals surface area (Å²) in [4.78, 5) is 7.76. The Morgan fingerprint density at radius 3 is 2.75 bits per heavy atom. The Bertz CT molecular complexity index is 708. The van der Waals surface area contributed by atoms with Crippen LogP contribution in [0.15, 0.2) is 36.0 Å². The molecule has 0 spiro atoms. The van der Waals surface area contributed by atoms with Crippen LogP contribution in [0.5, 0.6) is 0 Å². The highest BCUT2D eigenvalue weighted by atomic mass is 32.1. The highest BCUT2D eigenvalue weighted by Gasteiger charge is 2.15. The molecule has 3 rings (SSSR count). The van der Waals surface area contributed by atoms with E-state index in [-0.39, 0.29) is 5.41 Å². The Balaban J connectivity index is 1.98. The topological polar surface area (TPSA) is 54.5 Å². The van der Waals surface area contributed by atoms with Crippen molar-refractivity contribution in [3.05, 3.63) is 41.5 Å². The molecule has 0 radical (unpaired) electrons. The van der Waals surface area contributed by atoms with Gasteiger partial charge in [0.2, 0.25) is 0 Å². The minimum atomic E-state index is 0.130. The summed E-state index contributed by atoms with van der Waals surface area (Å²) >= 11 is 1.50. The van der Waals surface area contributed by atoms with Gasteiger partial charge in [-0.3, -0.25) is 0 Å². The van der Waals surface area contributed by atoms with Crippen molar-refractivity contribution in [3.63, 3.8) is 0 Å². The van der Waals surface area contributed by atoms with Crippen LogP contribution in [0.25, 0.3) is 22.1 Å². The molecule has 0 saturated heterocycles. The Kier molecular flexibility index (Phi) is 3.14. The van der Waals surface area contributed by atoms with Crippen LogP contribution in [0.1, 0.15) is 26.3 Å². The van der Waals surface area contributed by atoms with Crippen LogP contribution in [0, 0.1) is 0 Å². The van der Waals surface area contributed by atoms with Crippen molar-refractivity contribution in [1.82, 2.24) is 20.2 Å².